The summed E-state index contributed by atoms with van der Waals surface area (Å²) in [5, 5.41) is 21.3. The lowest BCUT2D eigenvalue weighted by molar-refractivity contribution is -0.130. The monoisotopic (exact) mass is 456 g/mol. The highest BCUT2D eigenvalue weighted by molar-refractivity contribution is 6.30. The Morgan fingerprint density at radius 2 is 1.64 bits per heavy atom. The number of hydrogen-bond donors (Lipinski definition) is 1. The molecule has 0 aliphatic carbocycles. The summed E-state index contributed by atoms with van der Waals surface area (Å²) in [6, 6.07) is 23.9. The highest BCUT2D eigenvalue weighted by atomic mass is 35.5. The van der Waals surface area contributed by atoms with Crippen molar-refractivity contribution in [3.05, 3.63) is 101 Å². The molecule has 4 aromatic rings. The molecule has 1 unspecified atom stereocenters. The minimum absolute atomic E-state index is 0.150. The summed E-state index contributed by atoms with van der Waals surface area (Å²) < 4.78 is 1.83. The maximum absolute atomic E-state index is 12.6. The number of nitrogens with zero attached hydrogens (tertiary/aromatic N) is 4. The van der Waals surface area contributed by atoms with Gasteiger partial charge in [-0.3, -0.25) is 4.79 Å². The Labute approximate surface area is 196 Å². The number of amides is 1. The van der Waals surface area contributed by atoms with Crippen molar-refractivity contribution in [2.45, 2.75) is 19.4 Å². The molecule has 5 rings (SSSR count). The first-order chi connectivity index (χ1) is 16.0. The molecule has 1 amide bonds. The molecule has 33 heavy (non-hydrogen) atoms. The van der Waals surface area contributed by atoms with Crippen molar-refractivity contribution in [3.8, 4) is 22.7 Å². The van der Waals surface area contributed by atoms with E-state index in [4.69, 9.17) is 16.7 Å². The summed E-state index contributed by atoms with van der Waals surface area (Å²) in [4.78, 5) is 12.6. The molecule has 0 bridgehead atoms. The molecule has 1 atom stereocenters. The standard InChI is InChI=1S/C26H21ClN4O2/c1-17(32)31-25(15-24(28-31)18-9-13-22(33)14-10-18)23-16-30(21-5-3-2-4-6-21)29-26(23)19-7-11-20(27)12-8-19/h2-14,16,25,33H,15H2,1H3. The first-order valence-electron chi connectivity index (χ1n) is 10.6. The van der Waals surface area contributed by atoms with E-state index in [1.807, 2.05) is 77.6 Å². The maximum Gasteiger partial charge on any atom is 0.240 e. The van der Waals surface area contributed by atoms with Crippen molar-refractivity contribution in [1.29, 1.82) is 0 Å². The molecule has 0 fully saturated rings. The summed E-state index contributed by atoms with van der Waals surface area (Å²) in [6.45, 7) is 1.51. The topological polar surface area (TPSA) is 70.7 Å². The van der Waals surface area contributed by atoms with E-state index in [2.05, 4.69) is 5.10 Å². The number of phenolic OH excluding ortho intramolecular Hbond substituents is 1. The smallest absolute Gasteiger partial charge is 0.240 e. The van der Waals surface area contributed by atoms with Crippen LogP contribution in [0.2, 0.25) is 5.02 Å². The van der Waals surface area contributed by atoms with Gasteiger partial charge in [-0.2, -0.15) is 10.2 Å². The molecular formula is C26H21ClN4O2. The third kappa shape index (κ3) is 4.13. The Balaban J connectivity index is 1.61. The molecule has 0 radical (unpaired) electrons. The predicted octanol–water partition coefficient (Wildman–Crippen LogP) is 5.60. The highest BCUT2D eigenvalue weighted by Gasteiger charge is 2.34. The number of benzene rings is 3. The second kappa shape index (κ2) is 8.56. The van der Waals surface area contributed by atoms with Gasteiger partial charge in [0.1, 0.15) is 5.75 Å². The molecule has 0 saturated heterocycles. The molecule has 6 nitrogen and oxygen atoms in total. The molecule has 0 spiro atoms. The summed E-state index contributed by atoms with van der Waals surface area (Å²) in [5.41, 5.74) is 5.15. The Hall–Kier alpha value is -3.90. The summed E-state index contributed by atoms with van der Waals surface area (Å²) in [6.07, 6.45) is 2.50. The predicted molar refractivity (Wildman–Crippen MR) is 129 cm³/mol. The summed E-state index contributed by atoms with van der Waals surface area (Å²) in [7, 11) is 0. The maximum atomic E-state index is 12.6. The van der Waals surface area contributed by atoms with E-state index in [1.54, 1.807) is 12.1 Å². The number of phenols is 1. The van der Waals surface area contributed by atoms with Gasteiger partial charge in [-0.25, -0.2) is 9.69 Å². The van der Waals surface area contributed by atoms with E-state index in [1.165, 1.54) is 11.9 Å². The van der Waals surface area contributed by atoms with Crippen molar-refractivity contribution in [1.82, 2.24) is 14.8 Å². The molecular weight excluding hydrogens is 436 g/mol. The number of para-hydroxylation sites is 1. The van der Waals surface area contributed by atoms with E-state index < -0.39 is 0 Å². The zero-order chi connectivity index (χ0) is 22.9. The minimum atomic E-state index is -0.311. The second-order valence-corrected chi connectivity index (χ2v) is 8.33. The summed E-state index contributed by atoms with van der Waals surface area (Å²) in [5.74, 6) is 0.0368. The lowest BCUT2D eigenvalue weighted by Crippen LogP contribution is -2.24. The van der Waals surface area contributed by atoms with Crippen LogP contribution in [0.4, 0.5) is 0 Å². The van der Waals surface area contributed by atoms with E-state index in [0.717, 1.165) is 33.8 Å². The van der Waals surface area contributed by atoms with Crippen LogP contribution >= 0.6 is 11.6 Å². The number of halogens is 1. The Morgan fingerprint density at radius 1 is 0.970 bits per heavy atom. The second-order valence-electron chi connectivity index (χ2n) is 7.90. The Morgan fingerprint density at radius 3 is 2.30 bits per heavy atom. The molecule has 0 saturated carbocycles. The van der Waals surface area contributed by atoms with E-state index in [0.29, 0.717) is 11.4 Å². The molecule has 7 heteroatoms. The Bertz CT molecular complexity index is 1330. The van der Waals surface area contributed by atoms with Crippen LogP contribution in [-0.2, 0) is 4.79 Å². The van der Waals surface area contributed by atoms with Crippen LogP contribution in [0.25, 0.3) is 16.9 Å². The number of carbonyl (C=O) groups excluding carboxylic acids is 1. The lowest BCUT2D eigenvalue weighted by Gasteiger charge is -2.20. The van der Waals surface area contributed by atoms with Crippen LogP contribution in [-0.4, -0.2) is 31.5 Å². The zero-order valence-corrected chi connectivity index (χ0v) is 18.6. The van der Waals surface area contributed by atoms with Gasteiger partial charge >= 0.3 is 0 Å². The van der Waals surface area contributed by atoms with Gasteiger partial charge in [0, 0.05) is 35.7 Å². The lowest BCUT2D eigenvalue weighted by atomic mass is 9.96. The van der Waals surface area contributed by atoms with Gasteiger partial charge in [0.05, 0.1) is 23.1 Å². The van der Waals surface area contributed by atoms with Crippen molar-refractivity contribution >= 4 is 23.2 Å². The fraction of sp³-hybridized carbons (Fsp3) is 0.115. The molecule has 1 aromatic heterocycles. The highest BCUT2D eigenvalue weighted by Crippen LogP contribution is 2.38. The van der Waals surface area contributed by atoms with Gasteiger partial charge in [0.25, 0.3) is 0 Å². The average molecular weight is 457 g/mol. The van der Waals surface area contributed by atoms with Crippen LogP contribution in [0.5, 0.6) is 5.75 Å². The van der Waals surface area contributed by atoms with Crippen LogP contribution in [0.3, 0.4) is 0 Å². The minimum Gasteiger partial charge on any atom is -0.508 e. The van der Waals surface area contributed by atoms with Crippen molar-refractivity contribution in [3.63, 3.8) is 0 Å². The van der Waals surface area contributed by atoms with Crippen molar-refractivity contribution in [2.24, 2.45) is 5.10 Å². The Kier molecular flexibility index (Phi) is 5.44. The molecule has 1 N–H and O–H groups in total. The largest absolute Gasteiger partial charge is 0.508 e. The van der Waals surface area contributed by atoms with E-state index >= 15 is 0 Å². The first-order valence-corrected chi connectivity index (χ1v) is 10.9. The molecule has 3 aromatic carbocycles. The molecule has 1 aliphatic rings. The number of carbonyl (C=O) groups is 1. The SMILES string of the molecule is CC(=O)N1N=C(c2ccc(O)cc2)CC1c1cn(-c2ccccc2)nc1-c1ccc(Cl)cc1. The first kappa shape index (κ1) is 21.0. The average Bonchev–Trinajstić information content (AvgIpc) is 3.46. The number of rotatable bonds is 4. The quantitative estimate of drug-likeness (QED) is 0.434. The van der Waals surface area contributed by atoms with Crippen LogP contribution < -0.4 is 0 Å². The van der Waals surface area contributed by atoms with Gasteiger partial charge in [-0.05, 0) is 54.1 Å². The van der Waals surface area contributed by atoms with Gasteiger partial charge < -0.3 is 5.11 Å². The van der Waals surface area contributed by atoms with Gasteiger partial charge in [-0.1, -0.05) is 41.9 Å². The van der Waals surface area contributed by atoms with Gasteiger partial charge in [0.2, 0.25) is 5.91 Å². The fourth-order valence-corrected chi connectivity index (χ4v) is 4.17. The van der Waals surface area contributed by atoms with Crippen molar-refractivity contribution < 1.29 is 9.90 Å². The van der Waals surface area contributed by atoms with Gasteiger partial charge in [-0.15, -0.1) is 0 Å². The molecule has 164 valence electrons. The summed E-state index contributed by atoms with van der Waals surface area (Å²) >= 11 is 6.12. The van der Waals surface area contributed by atoms with Crippen LogP contribution in [0.1, 0.15) is 30.5 Å². The van der Waals surface area contributed by atoms with E-state index in [9.17, 15) is 9.90 Å². The number of hydrazone groups is 1. The third-order valence-electron chi connectivity index (χ3n) is 5.67. The molecule has 2 heterocycles. The number of aromatic hydroxyl groups is 1. The van der Waals surface area contributed by atoms with Gasteiger partial charge in [0.15, 0.2) is 0 Å². The number of hydrogen-bond acceptors (Lipinski definition) is 4. The molecule has 1 aliphatic heterocycles. The zero-order valence-electron chi connectivity index (χ0n) is 17.9. The number of aromatic nitrogens is 2. The van der Waals surface area contributed by atoms with Crippen molar-refractivity contribution in [2.75, 3.05) is 0 Å². The van der Waals surface area contributed by atoms with Crippen LogP contribution in [0, 0.1) is 0 Å². The normalized spacial score (nSPS) is 15.5. The third-order valence-corrected chi connectivity index (χ3v) is 5.93. The van der Waals surface area contributed by atoms with Crippen LogP contribution in [0.15, 0.2) is 90.2 Å². The fourth-order valence-electron chi connectivity index (χ4n) is 4.05. The van der Waals surface area contributed by atoms with E-state index in [-0.39, 0.29) is 17.7 Å².